The summed E-state index contributed by atoms with van der Waals surface area (Å²) in [6.45, 7) is 1.04. The van der Waals surface area contributed by atoms with E-state index in [0.717, 1.165) is 12.1 Å². The first-order valence-electron chi connectivity index (χ1n) is 7.91. The Labute approximate surface area is 151 Å². The van der Waals surface area contributed by atoms with Crippen molar-refractivity contribution in [2.75, 3.05) is 5.32 Å². The molecule has 0 saturated carbocycles. The quantitative estimate of drug-likeness (QED) is 0.799. The van der Waals surface area contributed by atoms with Crippen molar-refractivity contribution in [3.8, 4) is 5.75 Å². The Morgan fingerprint density at radius 3 is 2.70 bits per heavy atom. The van der Waals surface area contributed by atoms with Gasteiger partial charge in [0.15, 0.2) is 11.9 Å². The molecule has 1 aliphatic heterocycles. The standard InChI is InChI=1S/C18H14F4N2O3/c1-9-16(25)24-14-4-2-3-12(15(14)27-9)17(26)23-8-10-5-6-11(19)7-13(10)18(20,21)22/h2-7,9H,8H2,1H3,(H,23,26)(H,24,25). The molecule has 0 radical (unpaired) electrons. The van der Waals surface area contributed by atoms with Crippen molar-refractivity contribution in [2.24, 2.45) is 0 Å². The van der Waals surface area contributed by atoms with Crippen LogP contribution >= 0.6 is 0 Å². The Morgan fingerprint density at radius 1 is 1.26 bits per heavy atom. The predicted molar refractivity (Wildman–Crippen MR) is 87.7 cm³/mol. The Bertz CT molecular complexity index is 912. The largest absolute Gasteiger partial charge is 0.478 e. The Balaban J connectivity index is 1.83. The van der Waals surface area contributed by atoms with E-state index >= 15 is 0 Å². The molecule has 0 saturated heterocycles. The summed E-state index contributed by atoms with van der Waals surface area (Å²) in [6.07, 6.45) is -5.57. The molecule has 0 bridgehead atoms. The van der Waals surface area contributed by atoms with Crippen LogP contribution in [0.15, 0.2) is 36.4 Å². The molecule has 0 aliphatic carbocycles. The van der Waals surface area contributed by atoms with Crippen molar-refractivity contribution in [1.82, 2.24) is 5.32 Å². The number of amides is 2. The summed E-state index contributed by atoms with van der Waals surface area (Å²) in [4.78, 5) is 24.1. The van der Waals surface area contributed by atoms with Crippen LogP contribution in [0.25, 0.3) is 0 Å². The molecule has 2 aromatic carbocycles. The normalized spacial score (nSPS) is 16.2. The Morgan fingerprint density at radius 2 is 2.00 bits per heavy atom. The van der Waals surface area contributed by atoms with E-state index in [9.17, 15) is 27.2 Å². The maximum atomic E-state index is 13.2. The third kappa shape index (κ3) is 3.86. The minimum atomic E-state index is -4.75. The zero-order valence-corrected chi connectivity index (χ0v) is 14.0. The molecule has 2 N–H and O–H groups in total. The minimum Gasteiger partial charge on any atom is -0.478 e. The van der Waals surface area contributed by atoms with E-state index in [4.69, 9.17) is 4.74 Å². The van der Waals surface area contributed by atoms with Crippen LogP contribution in [0.4, 0.5) is 23.2 Å². The summed E-state index contributed by atoms with van der Waals surface area (Å²) >= 11 is 0. The van der Waals surface area contributed by atoms with Crippen LogP contribution in [-0.4, -0.2) is 17.9 Å². The van der Waals surface area contributed by atoms with Gasteiger partial charge in [0.1, 0.15) is 5.82 Å². The molecular weight excluding hydrogens is 368 g/mol. The van der Waals surface area contributed by atoms with Gasteiger partial charge in [-0.2, -0.15) is 13.2 Å². The van der Waals surface area contributed by atoms with Gasteiger partial charge in [-0.3, -0.25) is 9.59 Å². The van der Waals surface area contributed by atoms with Gasteiger partial charge in [-0.25, -0.2) is 4.39 Å². The number of benzene rings is 2. The maximum Gasteiger partial charge on any atom is 0.416 e. The van der Waals surface area contributed by atoms with E-state index in [2.05, 4.69) is 10.6 Å². The van der Waals surface area contributed by atoms with Crippen molar-refractivity contribution < 1.29 is 31.9 Å². The van der Waals surface area contributed by atoms with E-state index in [1.807, 2.05) is 0 Å². The number of hydrogen-bond acceptors (Lipinski definition) is 3. The van der Waals surface area contributed by atoms with Gasteiger partial charge in [0.25, 0.3) is 11.8 Å². The van der Waals surface area contributed by atoms with Crippen molar-refractivity contribution in [3.05, 3.63) is 58.9 Å². The fourth-order valence-corrected chi connectivity index (χ4v) is 2.64. The smallest absolute Gasteiger partial charge is 0.416 e. The van der Waals surface area contributed by atoms with Crippen LogP contribution in [0.2, 0.25) is 0 Å². The summed E-state index contributed by atoms with van der Waals surface area (Å²) < 4.78 is 57.7. The zero-order chi connectivity index (χ0) is 19.8. The number of alkyl halides is 3. The van der Waals surface area contributed by atoms with Crippen molar-refractivity contribution in [1.29, 1.82) is 0 Å². The predicted octanol–water partition coefficient (Wildman–Crippen LogP) is 3.49. The Kier molecular flexibility index (Phi) is 4.77. The molecule has 1 heterocycles. The van der Waals surface area contributed by atoms with E-state index in [1.54, 1.807) is 0 Å². The molecule has 1 unspecified atom stereocenters. The fraction of sp³-hybridized carbons (Fsp3) is 0.222. The molecule has 2 aromatic rings. The van der Waals surface area contributed by atoms with E-state index in [0.29, 0.717) is 11.8 Å². The third-order valence-electron chi connectivity index (χ3n) is 4.00. The number of carbonyl (C=O) groups is 2. The molecule has 27 heavy (non-hydrogen) atoms. The average molecular weight is 382 g/mol. The second-order valence-electron chi connectivity index (χ2n) is 5.91. The third-order valence-corrected chi connectivity index (χ3v) is 4.00. The van der Waals surface area contributed by atoms with Gasteiger partial charge in [0.2, 0.25) is 0 Å². The van der Waals surface area contributed by atoms with Crippen molar-refractivity contribution in [3.63, 3.8) is 0 Å². The molecule has 0 spiro atoms. The maximum absolute atomic E-state index is 13.2. The van der Waals surface area contributed by atoms with E-state index in [1.165, 1.54) is 25.1 Å². The number of hydrogen-bond donors (Lipinski definition) is 2. The molecular formula is C18H14F4N2O3. The van der Waals surface area contributed by atoms with Gasteiger partial charge in [0, 0.05) is 6.54 Å². The topological polar surface area (TPSA) is 67.4 Å². The SMILES string of the molecule is CC1Oc2c(cccc2C(=O)NCc2ccc(F)cc2C(F)(F)F)NC1=O. The number of halogens is 4. The lowest BCUT2D eigenvalue weighted by molar-refractivity contribution is -0.138. The molecule has 9 heteroatoms. The van der Waals surface area contributed by atoms with Crippen LogP contribution in [0, 0.1) is 5.82 Å². The molecule has 142 valence electrons. The number of rotatable bonds is 3. The number of carbonyl (C=O) groups excluding carboxylic acids is 2. The summed E-state index contributed by atoms with van der Waals surface area (Å²) in [7, 11) is 0. The number of para-hydroxylation sites is 1. The van der Waals surface area contributed by atoms with E-state index < -0.39 is 36.1 Å². The molecule has 0 fully saturated rings. The van der Waals surface area contributed by atoms with Gasteiger partial charge in [0.05, 0.1) is 16.8 Å². The number of fused-ring (bicyclic) bond motifs is 1. The second kappa shape index (κ2) is 6.90. The molecule has 0 aromatic heterocycles. The summed E-state index contributed by atoms with van der Waals surface area (Å²) in [5.74, 6) is -1.95. The van der Waals surface area contributed by atoms with Gasteiger partial charge in [-0.05, 0) is 36.8 Å². The van der Waals surface area contributed by atoms with Crippen LogP contribution in [0.5, 0.6) is 5.75 Å². The van der Waals surface area contributed by atoms with Crippen molar-refractivity contribution >= 4 is 17.5 Å². The van der Waals surface area contributed by atoms with Crippen molar-refractivity contribution in [2.45, 2.75) is 25.7 Å². The number of ether oxygens (including phenoxy) is 1. The molecule has 3 rings (SSSR count). The second-order valence-corrected chi connectivity index (χ2v) is 5.91. The first kappa shape index (κ1) is 18.7. The lowest BCUT2D eigenvalue weighted by Crippen LogP contribution is -2.36. The highest BCUT2D eigenvalue weighted by Gasteiger charge is 2.34. The van der Waals surface area contributed by atoms with Gasteiger partial charge < -0.3 is 15.4 Å². The highest BCUT2D eigenvalue weighted by atomic mass is 19.4. The average Bonchev–Trinajstić information content (AvgIpc) is 2.60. The molecule has 1 aliphatic rings. The monoisotopic (exact) mass is 382 g/mol. The van der Waals surface area contributed by atoms with Crippen LogP contribution in [0.1, 0.15) is 28.4 Å². The number of anilines is 1. The van der Waals surface area contributed by atoms with E-state index in [-0.39, 0.29) is 22.8 Å². The number of nitrogens with one attached hydrogen (secondary N) is 2. The van der Waals surface area contributed by atoms with Gasteiger partial charge in [-0.15, -0.1) is 0 Å². The van der Waals surface area contributed by atoms with Crippen LogP contribution < -0.4 is 15.4 Å². The molecule has 5 nitrogen and oxygen atoms in total. The summed E-state index contributed by atoms with van der Waals surface area (Å²) in [5.41, 5.74) is -1.07. The molecule has 1 atom stereocenters. The fourth-order valence-electron chi connectivity index (χ4n) is 2.64. The first-order valence-corrected chi connectivity index (χ1v) is 7.91. The lowest BCUT2D eigenvalue weighted by atomic mass is 10.1. The lowest BCUT2D eigenvalue weighted by Gasteiger charge is -2.25. The van der Waals surface area contributed by atoms with Crippen LogP contribution in [-0.2, 0) is 17.5 Å². The van der Waals surface area contributed by atoms with Gasteiger partial charge in [-0.1, -0.05) is 12.1 Å². The first-order chi connectivity index (χ1) is 12.7. The summed E-state index contributed by atoms with van der Waals surface area (Å²) in [6, 6.07) is 6.71. The highest BCUT2D eigenvalue weighted by molar-refractivity contribution is 6.03. The minimum absolute atomic E-state index is 0.0648. The summed E-state index contributed by atoms with van der Waals surface area (Å²) in [5, 5.41) is 4.95. The van der Waals surface area contributed by atoms with Crippen LogP contribution in [0.3, 0.4) is 0 Å². The highest BCUT2D eigenvalue weighted by Crippen LogP contribution is 2.34. The molecule has 2 amide bonds. The van der Waals surface area contributed by atoms with Gasteiger partial charge >= 0.3 is 6.18 Å². The Hall–Kier alpha value is -3.10. The zero-order valence-electron chi connectivity index (χ0n) is 14.0.